The molecule has 0 unspecified atom stereocenters. The minimum Gasteiger partial charge on any atom is -0.489 e. The van der Waals surface area contributed by atoms with Gasteiger partial charge in [0.25, 0.3) is 0 Å². The first-order valence-electron chi connectivity index (χ1n) is 4.61. The predicted molar refractivity (Wildman–Crippen MR) is 60.0 cm³/mol. The number of benzene rings is 1. The van der Waals surface area contributed by atoms with Gasteiger partial charge in [0, 0.05) is 11.3 Å². The van der Waals surface area contributed by atoms with Crippen LogP contribution in [0.2, 0.25) is 0 Å². The molecule has 0 heterocycles. The molecule has 0 aliphatic heterocycles. The molecular formula is C10H9ClF4OS. The quantitative estimate of drug-likeness (QED) is 0.456. The van der Waals surface area contributed by atoms with Crippen molar-refractivity contribution in [2.75, 3.05) is 12.4 Å². The molecule has 0 radical (unpaired) electrons. The summed E-state index contributed by atoms with van der Waals surface area (Å²) >= 11 is 5.35. The summed E-state index contributed by atoms with van der Waals surface area (Å²) in [5.41, 5.74) is -3.88. The van der Waals surface area contributed by atoms with E-state index in [0.29, 0.717) is 5.56 Å². The number of alkyl halides is 4. The van der Waals surface area contributed by atoms with E-state index in [1.807, 2.05) is 0 Å². The molecule has 0 atom stereocenters. The zero-order valence-corrected chi connectivity index (χ0v) is 10.1. The van der Waals surface area contributed by atoms with Crippen LogP contribution in [0.1, 0.15) is 5.56 Å². The summed E-state index contributed by atoms with van der Waals surface area (Å²) in [6, 6.07) is 4.19. The topological polar surface area (TPSA) is 9.23 Å². The van der Waals surface area contributed by atoms with Gasteiger partial charge in [0.1, 0.15) is 0 Å². The van der Waals surface area contributed by atoms with Crippen LogP contribution in [0, 0.1) is 5.82 Å². The molecule has 7 heteroatoms. The molecule has 0 N–H and O–H groups in total. The summed E-state index contributed by atoms with van der Waals surface area (Å²) in [6.45, 7) is -0.227. The maximum absolute atomic E-state index is 13.3. The summed E-state index contributed by atoms with van der Waals surface area (Å²) in [4.78, 5) is 0. The number of hydrogen-bond donors (Lipinski definition) is 0. The Labute approximate surface area is 105 Å². The van der Waals surface area contributed by atoms with Crippen molar-refractivity contribution >= 4 is 23.4 Å². The van der Waals surface area contributed by atoms with Gasteiger partial charge in [0.05, 0.1) is 12.5 Å². The van der Waals surface area contributed by atoms with Crippen LogP contribution < -0.4 is 4.74 Å². The molecule has 0 amide bonds. The Hall–Kier alpha value is -0.620. The Bertz CT molecular complexity index is 370. The van der Waals surface area contributed by atoms with E-state index in [1.165, 1.54) is 12.1 Å². The van der Waals surface area contributed by atoms with Crippen LogP contribution in [0.5, 0.6) is 5.75 Å². The fourth-order valence-electron chi connectivity index (χ4n) is 1.12. The number of thioether (sulfide) groups is 1. The smallest absolute Gasteiger partial charge is 0.441 e. The number of ether oxygens (including phenoxy) is 1. The lowest BCUT2D eigenvalue weighted by atomic mass is 10.2. The Morgan fingerprint density at radius 3 is 2.59 bits per heavy atom. The molecule has 96 valence electrons. The van der Waals surface area contributed by atoms with Crippen molar-refractivity contribution < 1.29 is 22.3 Å². The molecule has 0 aliphatic carbocycles. The lowest BCUT2D eigenvalue weighted by molar-refractivity contribution is -0.0329. The van der Waals surface area contributed by atoms with E-state index in [9.17, 15) is 17.6 Å². The van der Waals surface area contributed by atoms with Crippen molar-refractivity contribution in [3.05, 3.63) is 29.6 Å². The summed E-state index contributed by atoms with van der Waals surface area (Å²) in [7, 11) is 0. The Balaban J connectivity index is 2.52. The van der Waals surface area contributed by atoms with Gasteiger partial charge in [0.15, 0.2) is 11.6 Å². The number of hydrogen-bond acceptors (Lipinski definition) is 2. The highest BCUT2D eigenvalue weighted by Crippen LogP contribution is 2.30. The fourth-order valence-corrected chi connectivity index (χ4v) is 1.73. The largest absolute Gasteiger partial charge is 0.489 e. The minimum atomic E-state index is -4.30. The van der Waals surface area contributed by atoms with Gasteiger partial charge in [-0.05, 0) is 17.8 Å². The van der Waals surface area contributed by atoms with E-state index in [1.54, 1.807) is 6.07 Å². The molecular weight excluding hydrogens is 280 g/mol. The molecule has 0 aromatic heterocycles. The van der Waals surface area contributed by atoms with Gasteiger partial charge in [-0.1, -0.05) is 12.1 Å². The van der Waals surface area contributed by atoms with Crippen molar-refractivity contribution in [3.63, 3.8) is 0 Å². The first kappa shape index (κ1) is 14.4. The lowest BCUT2D eigenvalue weighted by Crippen LogP contribution is -2.09. The second-order valence-electron chi connectivity index (χ2n) is 3.00. The zero-order chi connectivity index (χ0) is 12.9. The molecule has 1 aromatic carbocycles. The highest BCUT2D eigenvalue weighted by Gasteiger charge is 2.27. The Morgan fingerprint density at radius 1 is 1.29 bits per heavy atom. The van der Waals surface area contributed by atoms with E-state index in [0.717, 1.165) is 0 Å². The average molecular weight is 289 g/mol. The number of para-hydroxylation sites is 1. The average Bonchev–Trinajstić information content (AvgIpc) is 2.24. The molecule has 1 aromatic rings. The molecule has 0 saturated carbocycles. The monoisotopic (exact) mass is 288 g/mol. The van der Waals surface area contributed by atoms with Gasteiger partial charge in [-0.15, -0.1) is 11.6 Å². The normalized spacial score (nSPS) is 11.6. The van der Waals surface area contributed by atoms with Gasteiger partial charge < -0.3 is 4.74 Å². The van der Waals surface area contributed by atoms with Crippen LogP contribution in [0.15, 0.2) is 18.2 Å². The van der Waals surface area contributed by atoms with Crippen LogP contribution in [0.4, 0.5) is 17.6 Å². The summed E-state index contributed by atoms with van der Waals surface area (Å²) in [6.07, 6.45) is 0. The van der Waals surface area contributed by atoms with Gasteiger partial charge in [-0.25, -0.2) is 4.39 Å². The standard InChI is InChI=1S/C10H9ClF4OS/c11-6-7-2-1-3-8(12)9(7)16-4-5-17-10(13,14)15/h1-3H,4-6H2. The SMILES string of the molecule is Fc1cccc(CCl)c1OCCSC(F)(F)F. The van der Waals surface area contributed by atoms with Gasteiger partial charge in [-0.3, -0.25) is 0 Å². The predicted octanol–water partition coefficient (Wildman–Crippen LogP) is 4.20. The van der Waals surface area contributed by atoms with Gasteiger partial charge in [0.2, 0.25) is 0 Å². The van der Waals surface area contributed by atoms with E-state index in [4.69, 9.17) is 16.3 Å². The Kier molecular flexibility index (Phi) is 5.39. The molecule has 1 nitrogen and oxygen atoms in total. The number of halogens is 5. The summed E-state index contributed by atoms with van der Waals surface area (Å²) in [5, 5.41) is 0. The molecule has 0 bridgehead atoms. The van der Waals surface area contributed by atoms with E-state index >= 15 is 0 Å². The number of rotatable bonds is 5. The second-order valence-corrected chi connectivity index (χ2v) is 4.43. The van der Waals surface area contributed by atoms with Crippen molar-refractivity contribution in [2.24, 2.45) is 0 Å². The highest BCUT2D eigenvalue weighted by molar-refractivity contribution is 8.00. The van der Waals surface area contributed by atoms with E-state index < -0.39 is 11.3 Å². The Morgan fingerprint density at radius 2 is 2.00 bits per heavy atom. The van der Waals surface area contributed by atoms with E-state index in [-0.39, 0.29) is 35.8 Å². The summed E-state index contributed by atoms with van der Waals surface area (Å²) < 4.78 is 53.7. The van der Waals surface area contributed by atoms with Crippen molar-refractivity contribution in [1.82, 2.24) is 0 Å². The molecule has 1 rings (SSSR count). The minimum absolute atomic E-state index is 0.0412. The molecule has 0 spiro atoms. The maximum Gasteiger partial charge on any atom is 0.441 e. The van der Waals surface area contributed by atoms with Crippen molar-refractivity contribution in [3.8, 4) is 5.75 Å². The van der Waals surface area contributed by atoms with Gasteiger partial charge in [-0.2, -0.15) is 13.2 Å². The molecule has 0 saturated heterocycles. The fraction of sp³-hybridized carbons (Fsp3) is 0.400. The van der Waals surface area contributed by atoms with E-state index in [2.05, 4.69) is 0 Å². The van der Waals surface area contributed by atoms with Crippen LogP contribution >= 0.6 is 23.4 Å². The van der Waals surface area contributed by atoms with Crippen molar-refractivity contribution in [1.29, 1.82) is 0 Å². The van der Waals surface area contributed by atoms with Crippen LogP contribution in [-0.4, -0.2) is 17.9 Å². The highest BCUT2D eigenvalue weighted by atomic mass is 35.5. The molecule has 17 heavy (non-hydrogen) atoms. The van der Waals surface area contributed by atoms with Gasteiger partial charge >= 0.3 is 5.51 Å². The van der Waals surface area contributed by atoms with Crippen molar-refractivity contribution in [2.45, 2.75) is 11.4 Å². The van der Waals surface area contributed by atoms with Crippen LogP contribution in [0.3, 0.4) is 0 Å². The lowest BCUT2D eigenvalue weighted by Gasteiger charge is -2.11. The third-order valence-corrected chi connectivity index (χ3v) is 2.77. The zero-order valence-electron chi connectivity index (χ0n) is 8.56. The summed E-state index contributed by atoms with van der Waals surface area (Å²) in [5.74, 6) is -0.954. The first-order valence-corrected chi connectivity index (χ1v) is 6.13. The molecule has 0 fully saturated rings. The second kappa shape index (κ2) is 6.35. The van der Waals surface area contributed by atoms with Crippen LogP contribution in [0.25, 0.3) is 0 Å². The third-order valence-electron chi connectivity index (χ3n) is 1.79. The maximum atomic E-state index is 13.3. The third kappa shape index (κ3) is 5.04. The first-order chi connectivity index (χ1) is 7.94. The molecule has 0 aliphatic rings. The van der Waals surface area contributed by atoms with Crippen LogP contribution in [-0.2, 0) is 5.88 Å².